The van der Waals surface area contributed by atoms with Gasteiger partial charge in [0.2, 0.25) is 5.88 Å². The lowest BCUT2D eigenvalue weighted by molar-refractivity contribution is 0.176. The Kier molecular flexibility index (Phi) is 6.43. The lowest BCUT2D eigenvalue weighted by atomic mass is 10.3. The average molecular weight is 253 g/mol. The van der Waals surface area contributed by atoms with Gasteiger partial charge in [-0.3, -0.25) is 0 Å². The van der Waals surface area contributed by atoms with Crippen molar-refractivity contribution in [3.63, 3.8) is 0 Å². The van der Waals surface area contributed by atoms with E-state index in [1.165, 1.54) is 0 Å². The number of hydrogen-bond acceptors (Lipinski definition) is 5. The third kappa shape index (κ3) is 5.31. The van der Waals surface area contributed by atoms with E-state index in [0.717, 1.165) is 18.7 Å². The molecule has 102 valence electrons. The highest BCUT2D eigenvalue weighted by molar-refractivity contribution is 5.39. The molecule has 5 nitrogen and oxygen atoms in total. The van der Waals surface area contributed by atoms with Crippen molar-refractivity contribution in [1.82, 2.24) is 9.97 Å². The number of rotatable bonds is 8. The first-order valence-corrected chi connectivity index (χ1v) is 6.42. The zero-order chi connectivity index (χ0) is 13.4. The summed E-state index contributed by atoms with van der Waals surface area (Å²) in [6.45, 7) is 7.33. The maximum absolute atomic E-state index is 5.61. The smallest absolute Gasteiger partial charge is 0.218 e. The number of aromatic nitrogens is 2. The summed E-state index contributed by atoms with van der Waals surface area (Å²) in [5.74, 6) is 2.02. The zero-order valence-electron chi connectivity index (χ0n) is 11.7. The zero-order valence-corrected chi connectivity index (χ0v) is 11.7. The molecule has 0 atom stereocenters. The molecule has 1 N–H and O–H groups in total. The van der Waals surface area contributed by atoms with Gasteiger partial charge in [0.15, 0.2) is 5.82 Å². The molecule has 0 amide bonds. The second-order valence-electron chi connectivity index (χ2n) is 4.44. The molecule has 0 unspecified atom stereocenters. The molecule has 1 rings (SSSR count). The summed E-state index contributed by atoms with van der Waals surface area (Å²) in [5.41, 5.74) is 0. The van der Waals surface area contributed by atoms with Gasteiger partial charge < -0.3 is 14.8 Å². The SMILES string of the molecule is CCCCOc1cc(NC(C)C)nc(COC)n1. The van der Waals surface area contributed by atoms with Gasteiger partial charge >= 0.3 is 0 Å². The Morgan fingerprint density at radius 1 is 1.33 bits per heavy atom. The summed E-state index contributed by atoms with van der Waals surface area (Å²) in [5, 5.41) is 3.25. The summed E-state index contributed by atoms with van der Waals surface area (Å²) in [6.07, 6.45) is 2.13. The number of hydrogen-bond donors (Lipinski definition) is 1. The summed E-state index contributed by atoms with van der Waals surface area (Å²) in [6, 6.07) is 2.15. The van der Waals surface area contributed by atoms with Crippen LogP contribution in [0.4, 0.5) is 5.82 Å². The average Bonchev–Trinajstić information content (AvgIpc) is 2.28. The molecule has 1 aromatic heterocycles. The molecule has 1 heterocycles. The van der Waals surface area contributed by atoms with Gasteiger partial charge in [-0.05, 0) is 20.3 Å². The first kappa shape index (κ1) is 14.7. The van der Waals surface area contributed by atoms with E-state index in [4.69, 9.17) is 9.47 Å². The van der Waals surface area contributed by atoms with Crippen molar-refractivity contribution in [1.29, 1.82) is 0 Å². The Morgan fingerprint density at radius 2 is 2.11 bits per heavy atom. The first-order chi connectivity index (χ1) is 8.65. The van der Waals surface area contributed by atoms with E-state index in [1.807, 2.05) is 6.07 Å². The van der Waals surface area contributed by atoms with Crippen LogP contribution in [-0.2, 0) is 11.3 Å². The monoisotopic (exact) mass is 253 g/mol. The van der Waals surface area contributed by atoms with Crippen LogP contribution >= 0.6 is 0 Å². The van der Waals surface area contributed by atoms with Crippen LogP contribution in [-0.4, -0.2) is 29.7 Å². The predicted octanol–water partition coefficient (Wildman–Crippen LogP) is 2.62. The number of unbranched alkanes of at least 4 members (excludes halogenated alkanes) is 1. The maximum atomic E-state index is 5.61. The Labute approximate surface area is 109 Å². The summed E-state index contributed by atoms with van der Waals surface area (Å²) < 4.78 is 10.7. The topological polar surface area (TPSA) is 56.3 Å². The van der Waals surface area contributed by atoms with Gasteiger partial charge in [0.25, 0.3) is 0 Å². The van der Waals surface area contributed by atoms with Gasteiger partial charge in [-0.1, -0.05) is 13.3 Å². The van der Waals surface area contributed by atoms with Crippen LogP contribution in [0.1, 0.15) is 39.4 Å². The molecular formula is C13H23N3O2. The quantitative estimate of drug-likeness (QED) is 0.722. The lowest BCUT2D eigenvalue weighted by Gasteiger charge is -2.12. The molecule has 0 saturated carbocycles. The molecule has 0 radical (unpaired) electrons. The minimum atomic E-state index is 0.318. The lowest BCUT2D eigenvalue weighted by Crippen LogP contribution is -2.13. The van der Waals surface area contributed by atoms with Crippen molar-refractivity contribution >= 4 is 5.82 Å². The van der Waals surface area contributed by atoms with E-state index in [-0.39, 0.29) is 0 Å². The maximum Gasteiger partial charge on any atom is 0.218 e. The number of nitrogens with zero attached hydrogens (tertiary/aromatic N) is 2. The van der Waals surface area contributed by atoms with Crippen LogP contribution in [0, 0.1) is 0 Å². The number of ether oxygens (including phenoxy) is 2. The van der Waals surface area contributed by atoms with Crippen molar-refractivity contribution in [3.05, 3.63) is 11.9 Å². The molecule has 1 aromatic rings. The summed E-state index contributed by atoms with van der Waals surface area (Å²) in [4.78, 5) is 8.67. The Bertz CT molecular complexity index is 356. The fraction of sp³-hybridized carbons (Fsp3) is 0.692. The predicted molar refractivity (Wildman–Crippen MR) is 71.9 cm³/mol. The van der Waals surface area contributed by atoms with Gasteiger partial charge in [0.1, 0.15) is 12.4 Å². The first-order valence-electron chi connectivity index (χ1n) is 6.42. The highest BCUT2D eigenvalue weighted by atomic mass is 16.5. The van der Waals surface area contributed by atoms with E-state index >= 15 is 0 Å². The summed E-state index contributed by atoms with van der Waals surface area (Å²) in [7, 11) is 1.63. The number of methoxy groups -OCH3 is 1. The van der Waals surface area contributed by atoms with Gasteiger partial charge in [-0.25, -0.2) is 4.98 Å². The molecular weight excluding hydrogens is 230 g/mol. The minimum absolute atomic E-state index is 0.318. The van der Waals surface area contributed by atoms with Crippen LogP contribution in [0.3, 0.4) is 0 Å². The van der Waals surface area contributed by atoms with E-state index in [0.29, 0.717) is 31.0 Å². The molecule has 0 aliphatic rings. The molecule has 0 aliphatic heterocycles. The molecule has 0 spiro atoms. The Balaban J connectivity index is 2.77. The van der Waals surface area contributed by atoms with E-state index in [9.17, 15) is 0 Å². The fourth-order valence-corrected chi connectivity index (χ4v) is 1.43. The van der Waals surface area contributed by atoms with E-state index in [2.05, 4.69) is 36.1 Å². The van der Waals surface area contributed by atoms with E-state index < -0.39 is 0 Å². The molecule has 0 fully saturated rings. The molecule has 0 saturated heterocycles. The van der Waals surface area contributed by atoms with Gasteiger partial charge in [-0.15, -0.1) is 0 Å². The number of nitrogens with one attached hydrogen (secondary N) is 1. The Hall–Kier alpha value is -1.36. The highest BCUT2D eigenvalue weighted by Gasteiger charge is 2.06. The minimum Gasteiger partial charge on any atom is -0.478 e. The second kappa shape index (κ2) is 7.87. The third-order valence-corrected chi connectivity index (χ3v) is 2.21. The molecule has 0 bridgehead atoms. The molecule has 5 heteroatoms. The summed E-state index contributed by atoms with van der Waals surface area (Å²) >= 11 is 0. The van der Waals surface area contributed by atoms with Gasteiger partial charge in [-0.2, -0.15) is 4.98 Å². The van der Waals surface area contributed by atoms with Crippen LogP contribution in [0.25, 0.3) is 0 Å². The Morgan fingerprint density at radius 3 is 2.72 bits per heavy atom. The standard InChI is InChI=1S/C13H23N3O2/c1-5-6-7-18-13-8-11(14-10(2)3)15-12(16-13)9-17-4/h8,10H,5-7,9H2,1-4H3,(H,14,15,16). The van der Waals surface area contributed by atoms with E-state index in [1.54, 1.807) is 7.11 Å². The van der Waals surface area contributed by atoms with Crippen LogP contribution < -0.4 is 10.1 Å². The molecule has 18 heavy (non-hydrogen) atoms. The fourth-order valence-electron chi connectivity index (χ4n) is 1.43. The van der Waals surface area contributed by atoms with Gasteiger partial charge in [0, 0.05) is 19.2 Å². The van der Waals surface area contributed by atoms with Crippen LogP contribution in [0.15, 0.2) is 6.07 Å². The second-order valence-corrected chi connectivity index (χ2v) is 4.44. The molecule has 0 aromatic carbocycles. The third-order valence-electron chi connectivity index (χ3n) is 2.21. The van der Waals surface area contributed by atoms with Crippen molar-refractivity contribution < 1.29 is 9.47 Å². The normalized spacial score (nSPS) is 10.7. The number of anilines is 1. The molecule has 0 aliphatic carbocycles. The van der Waals surface area contributed by atoms with Crippen LogP contribution in [0.2, 0.25) is 0 Å². The van der Waals surface area contributed by atoms with Gasteiger partial charge in [0.05, 0.1) is 6.61 Å². The van der Waals surface area contributed by atoms with Crippen LogP contribution in [0.5, 0.6) is 5.88 Å². The highest BCUT2D eigenvalue weighted by Crippen LogP contribution is 2.15. The van der Waals surface area contributed by atoms with Crippen molar-refractivity contribution in [3.8, 4) is 5.88 Å². The largest absolute Gasteiger partial charge is 0.478 e. The van der Waals surface area contributed by atoms with Crippen molar-refractivity contribution in [2.45, 2.75) is 46.3 Å². The van der Waals surface area contributed by atoms with Crippen molar-refractivity contribution in [2.75, 3.05) is 19.0 Å². The van der Waals surface area contributed by atoms with Crippen molar-refractivity contribution in [2.24, 2.45) is 0 Å².